The minimum absolute atomic E-state index is 0.0388. The van der Waals surface area contributed by atoms with Gasteiger partial charge in [0.05, 0.1) is 0 Å². The molecule has 0 spiro atoms. The van der Waals surface area contributed by atoms with Crippen molar-refractivity contribution in [2.75, 3.05) is 47.0 Å². The molecule has 1 aliphatic rings. The van der Waals surface area contributed by atoms with Gasteiger partial charge in [-0.3, -0.25) is 4.79 Å². The van der Waals surface area contributed by atoms with Gasteiger partial charge in [0.15, 0.2) is 6.61 Å². The summed E-state index contributed by atoms with van der Waals surface area (Å²) in [6.07, 6.45) is 1.65. The van der Waals surface area contributed by atoms with E-state index in [0.717, 1.165) is 12.8 Å². The number of ether oxygens (including phenoxy) is 2. The van der Waals surface area contributed by atoms with Gasteiger partial charge in [-0.15, -0.1) is 0 Å². The van der Waals surface area contributed by atoms with Gasteiger partial charge in [0, 0.05) is 46.4 Å². The van der Waals surface area contributed by atoms with E-state index in [1.54, 1.807) is 31.1 Å². The van der Waals surface area contributed by atoms with Crippen molar-refractivity contribution in [3.05, 3.63) is 30.3 Å². The average molecular weight is 349 g/mol. The van der Waals surface area contributed by atoms with Crippen LogP contribution < -0.4 is 10.1 Å². The van der Waals surface area contributed by atoms with Crippen LogP contribution in [0.3, 0.4) is 0 Å². The SMILES string of the molecule is CN(C)C(=O)N(CCNC(=O)COc1ccccc1)C1CCOCC1. The van der Waals surface area contributed by atoms with Crippen LogP contribution >= 0.6 is 0 Å². The van der Waals surface area contributed by atoms with Gasteiger partial charge in [0.1, 0.15) is 5.75 Å². The maximum Gasteiger partial charge on any atom is 0.319 e. The van der Waals surface area contributed by atoms with E-state index in [2.05, 4.69) is 5.32 Å². The molecule has 1 heterocycles. The van der Waals surface area contributed by atoms with E-state index in [0.29, 0.717) is 32.1 Å². The third-order valence-corrected chi connectivity index (χ3v) is 4.05. The first kappa shape index (κ1) is 19.1. The third-order valence-electron chi connectivity index (χ3n) is 4.05. The number of carbonyl (C=O) groups is 2. The minimum Gasteiger partial charge on any atom is -0.484 e. The Morgan fingerprint density at radius 1 is 1.20 bits per heavy atom. The molecule has 0 radical (unpaired) electrons. The average Bonchev–Trinajstić information content (AvgIpc) is 2.64. The van der Waals surface area contributed by atoms with E-state index in [1.807, 2.05) is 23.1 Å². The van der Waals surface area contributed by atoms with E-state index in [9.17, 15) is 9.59 Å². The molecule has 1 aromatic carbocycles. The zero-order valence-corrected chi connectivity index (χ0v) is 14.9. The molecule has 0 atom stereocenters. The van der Waals surface area contributed by atoms with E-state index in [4.69, 9.17) is 9.47 Å². The van der Waals surface area contributed by atoms with Gasteiger partial charge in [0.25, 0.3) is 5.91 Å². The smallest absolute Gasteiger partial charge is 0.319 e. The molecule has 1 fully saturated rings. The summed E-state index contributed by atoms with van der Waals surface area (Å²) < 4.78 is 10.8. The molecule has 1 N–H and O–H groups in total. The molecule has 1 aliphatic heterocycles. The van der Waals surface area contributed by atoms with Crippen LogP contribution in [0.15, 0.2) is 30.3 Å². The topological polar surface area (TPSA) is 71.1 Å². The summed E-state index contributed by atoms with van der Waals surface area (Å²) in [5.41, 5.74) is 0. The molecule has 1 saturated heterocycles. The number of benzene rings is 1. The van der Waals surface area contributed by atoms with Crippen LogP contribution in [0.25, 0.3) is 0 Å². The third kappa shape index (κ3) is 6.26. The predicted molar refractivity (Wildman–Crippen MR) is 94.6 cm³/mol. The number of para-hydroxylation sites is 1. The summed E-state index contributed by atoms with van der Waals surface area (Å²) in [4.78, 5) is 27.7. The molecule has 7 heteroatoms. The Morgan fingerprint density at radius 3 is 2.52 bits per heavy atom. The fraction of sp³-hybridized carbons (Fsp3) is 0.556. The fourth-order valence-corrected chi connectivity index (χ4v) is 2.72. The van der Waals surface area contributed by atoms with Crippen molar-refractivity contribution in [2.45, 2.75) is 18.9 Å². The van der Waals surface area contributed by atoms with Gasteiger partial charge in [-0.1, -0.05) is 18.2 Å². The summed E-state index contributed by atoms with van der Waals surface area (Å²) in [5.74, 6) is 0.456. The number of hydrogen-bond acceptors (Lipinski definition) is 4. The summed E-state index contributed by atoms with van der Waals surface area (Å²) in [6.45, 7) is 2.16. The first-order valence-electron chi connectivity index (χ1n) is 8.58. The van der Waals surface area contributed by atoms with Crippen molar-refractivity contribution in [1.82, 2.24) is 15.1 Å². The Bertz CT molecular complexity index is 545. The Balaban J connectivity index is 1.77. The zero-order chi connectivity index (χ0) is 18.1. The number of nitrogens with zero attached hydrogens (tertiary/aromatic N) is 2. The Labute approximate surface area is 148 Å². The van der Waals surface area contributed by atoms with Crippen LogP contribution in [0, 0.1) is 0 Å². The van der Waals surface area contributed by atoms with Gasteiger partial charge in [-0.05, 0) is 25.0 Å². The van der Waals surface area contributed by atoms with Crippen molar-refractivity contribution in [3.63, 3.8) is 0 Å². The van der Waals surface area contributed by atoms with Crippen molar-refractivity contribution < 1.29 is 19.1 Å². The maximum atomic E-state index is 12.4. The first-order chi connectivity index (χ1) is 12.1. The fourth-order valence-electron chi connectivity index (χ4n) is 2.72. The van der Waals surface area contributed by atoms with E-state index >= 15 is 0 Å². The number of amides is 3. The van der Waals surface area contributed by atoms with Gasteiger partial charge in [-0.25, -0.2) is 4.79 Å². The first-order valence-corrected chi connectivity index (χ1v) is 8.58. The quantitative estimate of drug-likeness (QED) is 0.806. The highest BCUT2D eigenvalue weighted by molar-refractivity contribution is 5.77. The summed E-state index contributed by atoms with van der Waals surface area (Å²) in [7, 11) is 3.47. The number of hydrogen-bond donors (Lipinski definition) is 1. The number of carbonyl (C=O) groups excluding carboxylic acids is 2. The highest BCUT2D eigenvalue weighted by Crippen LogP contribution is 2.15. The Hall–Kier alpha value is -2.28. The normalized spacial score (nSPS) is 14.6. The molecule has 0 aliphatic carbocycles. The summed E-state index contributed by atoms with van der Waals surface area (Å²) in [5, 5.41) is 2.81. The molecule has 0 bridgehead atoms. The standard InChI is InChI=1S/C18H27N3O4/c1-20(2)18(23)21(15-8-12-24-13-9-15)11-10-19-17(22)14-25-16-6-4-3-5-7-16/h3-7,15H,8-14H2,1-2H3,(H,19,22). The maximum absolute atomic E-state index is 12.4. The monoisotopic (exact) mass is 349 g/mol. The highest BCUT2D eigenvalue weighted by Gasteiger charge is 2.26. The second-order valence-electron chi connectivity index (χ2n) is 6.17. The van der Waals surface area contributed by atoms with Crippen molar-refractivity contribution in [1.29, 1.82) is 0 Å². The van der Waals surface area contributed by atoms with Crippen LogP contribution in [-0.4, -0.2) is 74.8 Å². The van der Waals surface area contributed by atoms with Crippen LogP contribution in [0.1, 0.15) is 12.8 Å². The zero-order valence-electron chi connectivity index (χ0n) is 14.9. The summed E-state index contributed by atoms with van der Waals surface area (Å²) in [6, 6.07) is 9.31. The van der Waals surface area contributed by atoms with Crippen LogP contribution in [0.4, 0.5) is 4.79 Å². The van der Waals surface area contributed by atoms with E-state index in [1.165, 1.54) is 0 Å². The van der Waals surface area contributed by atoms with Gasteiger partial charge >= 0.3 is 6.03 Å². The van der Waals surface area contributed by atoms with Crippen molar-refractivity contribution >= 4 is 11.9 Å². The molecule has 138 valence electrons. The highest BCUT2D eigenvalue weighted by atomic mass is 16.5. The minimum atomic E-state index is -0.201. The second kappa shape index (κ2) is 9.88. The lowest BCUT2D eigenvalue weighted by atomic mass is 10.1. The molecule has 0 aromatic heterocycles. The molecular formula is C18H27N3O4. The Kier molecular flexibility index (Phi) is 7.53. The van der Waals surface area contributed by atoms with Crippen LogP contribution in [0.5, 0.6) is 5.75 Å². The van der Waals surface area contributed by atoms with E-state index < -0.39 is 0 Å². The van der Waals surface area contributed by atoms with Crippen LogP contribution in [0.2, 0.25) is 0 Å². The van der Waals surface area contributed by atoms with Gasteiger partial charge in [0.2, 0.25) is 0 Å². The molecule has 25 heavy (non-hydrogen) atoms. The molecule has 3 amide bonds. The molecule has 0 saturated carbocycles. The lowest BCUT2D eigenvalue weighted by Crippen LogP contribution is -2.50. The Morgan fingerprint density at radius 2 is 1.88 bits per heavy atom. The predicted octanol–water partition coefficient (Wildman–Crippen LogP) is 1.34. The molecular weight excluding hydrogens is 322 g/mol. The van der Waals surface area contributed by atoms with Gasteiger partial charge < -0.3 is 24.6 Å². The molecule has 0 unspecified atom stereocenters. The largest absolute Gasteiger partial charge is 0.484 e. The second-order valence-corrected chi connectivity index (χ2v) is 6.17. The lowest BCUT2D eigenvalue weighted by Gasteiger charge is -2.36. The summed E-state index contributed by atoms with van der Waals surface area (Å²) >= 11 is 0. The molecule has 1 aromatic rings. The lowest BCUT2D eigenvalue weighted by molar-refractivity contribution is -0.123. The number of rotatable bonds is 7. The van der Waals surface area contributed by atoms with Gasteiger partial charge in [-0.2, -0.15) is 0 Å². The van der Waals surface area contributed by atoms with E-state index in [-0.39, 0.29) is 24.6 Å². The van der Waals surface area contributed by atoms with Crippen molar-refractivity contribution in [3.8, 4) is 5.75 Å². The number of urea groups is 1. The molecule has 7 nitrogen and oxygen atoms in total. The van der Waals surface area contributed by atoms with Crippen molar-refractivity contribution in [2.24, 2.45) is 0 Å². The number of nitrogens with one attached hydrogen (secondary N) is 1. The van der Waals surface area contributed by atoms with Crippen LogP contribution in [-0.2, 0) is 9.53 Å². The molecule has 2 rings (SSSR count).